The van der Waals surface area contributed by atoms with Crippen LogP contribution in [0, 0.1) is 0 Å². The molecule has 92 valence electrons. The Bertz CT molecular complexity index is 273. The topological polar surface area (TPSA) is 137 Å². The third kappa shape index (κ3) is 6.77. The second-order valence-electron chi connectivity index (χ2n) is 3.38. The van der Waals surface area contributed by atoms with E-state index in [1.54, 1.807) is 0 Å². The highest BCUT2D eigenvalue weighted by Crippen LogP contribution is 1.99. The van der Waals surface area contributed by atoms with Crippen LogP contribution in [0.15, 0.2) is 4.99 Å². The van der Waals surface area contributed by atoms with Gasteiger partial charge in [-0.25, -0.2) is 0 Å². The van der Waals surface area contributed by atoms with Gasteiger partial charge in [-0.2, -0.15) is 0 Å². The van der Waals surface area contributed by atoms with Gasteiger partial charge in [-0.3, -0.25) is 14.6 Å². The fourth-order valence-electron chi connectivity index (χ4n) is 1.13. The van der Waals surface area contributed by atoms with Crippen LogP contribution in [0.2, 0.25) is 0 Å². The molecule has 0 bridgehead atoms. The summed E-state index contributed by atoms with van der Waals surface area (Å²) in [6.45, 7) is 1.73. The largest absolute Gasteiger partial charge is 0.370 e. The average Bonchev–Trinajstić information content (AvgIpc) is 2.21. The van der Waals surface area contributed by atoms with E-state index in [0.29, 0.717) is 19.4 Å². The highest BCUT2D eigenvalue weighted by molar-refractivity contribution is 5.88. The molecule has 7 heteroatoms. The van der Waals surface area contributed by atoms with Crippen LogP contribution in [-0.2, 0) is 9.59 Å². The van der Waals surface area contributed by atoms with Gasteiger partial charge in [0, 0.05) is 6.54 Å². The number of rotatable bonds is 7. The number of carbonyl (C=O) groups is 2. The van der Waals surface area contributed by atoms with E-state index in [4.69, 9.17) is 17.2 Å². The van der Waals surface area contributed by atoms with E-state index in [-0.39, 0.29) is 24.2 Å². The van der Waals surface area contributed by atoms with E-state index in [2.05, 4.69) is 10.3 Å². The Morgan fingerprint density at radius 1 is 1.38 bits per heavy atom. The minimum atomic E-state index is -0.509. The number of carbonyl (C=O) groups excluding carboxylic acids is 2. The van der Waals surface area contributed by atoms with Crippen molar-refractivity contribution in [3.63, 3.8) is 0 Å². The number of hydrogen-bond donors (Lipinski definition) is 4. The Morgan fingerprint density at radius 2 is 2.00 bits per heavy atom. The van der Waals surface area contributed by atoms with E-state index >= 15 is 0 Å². The molecule has 0 radical (unpaired) electrons. The van der Waals surface area contributed by atoms with E-state index in [9.17, 15) is 9.59 Å². The summed E-state index contributed by atoms with van der Waals surface area (Å²) in [6.07, 6.45) is 1.12. The van der Waals surface area contributed by atoms with Gasteiger partial charge in [0.25, 0.3) is 0 Å². The second-order valence-corrected chi connectivity index (χ2v) is 3.38. The molecule has 0 aliphatic carbocycles. The molecule has 0 aliphatic rings. The van der Waals surface area contributed by atoms with Crippen molar-refractivity contribution < 1.29 is 9.59 Å². The summed E-state index contributed by atoms with van der Waals surface area (Å²) in [6, 6.07) is -0.509. The number of ketones is 1. The van der Waals surface area contributed by atoms with Crippen molar-refractivity contribution in [2.75, 3.05) is 13.1 Å². The van der Waals surface area contributed by atoms with Crippen LogP contribution in [0.5, 0.6) is 0 Å². The van der Waals surface area contributed by atoms with Crippen molar-refractivity contribution in [1.82, 2.24) is 5.32 Å². The number of guanidine groups is 1. The molecule has 0 aromatic carbocycles. The Hall–Kier alpha value is -1.63. The molecule has 0 saturated carbocycles. The lowest BCUT2D eigenvalue weighted by Crippen LogP contribution is -2.42. The summed E-state index contributed by atoms with van der Waals surface area (Å²) >= 11 is 0. The first-order valence-corrected chi connectivity index (χ1v) is 5.02. The highest BCUT2D eigenvalue weighted by Gasteiger charge is 2.15. The van der Waals surface area contributed by atoms with Gasteiger partial charge in [0.2, 0.25) is 5.91 Å². The van der Waals surface area contributed by atoms with E-state index < -0.39 is 6.04 Å². The van der Waals surface area contributed by atoms with Gasteiger partial charge in [0.05, 0.1) is 12.6 Å². The van der Waals surface area contributed by atoms with Gasteiger partial charge in [-0.15, -0.1) is 0 Å². The summed E-state index contributed by atoms with van der Waals surface area (Å²) in [5.41, 5.74) is 15.4. The maximum Gasteiger partial charge on any atom is 0.234 e. The highest BCUT2D eigenvalue weighted by atomic mass is 16.2. The Kier molecular flexibility index (Phi) is 6.86. The molecule has 1 amide bonds. The third-order valence-electron chi connectivity index (χ3n) is 1.96. The molecule has 0 unspecified atom stereocenters. The lowest BCUT2D eigenvalue weighted by Gasteiger charge is -2.14. The number of amides is 1. The van der Waals surface area contributed by atoms with Gasteiger partial charge in [0.15, 0.2) is 11.7 Å². The van der Waals surface area contributed by atoms with Crippen LogP contribution in [0.4, 0.5) is 0 Å². The first-order chi connectivity index (χ1) is 7.47. The molecule has 0 spiro atoms. The molecule has 0 aliphatic heterocycles. The molecule has 7 nitrogen and oxygen atoms in total. The first-order valence-electron chi connectivity index (χ1n) is 5.02. The molecule has 0 saturated heterocycles. The van der Waals surface area contributed by atoms with Crippen LogP contribution >= 0.6 is 0 Å². The summed E-state index contributed by atoms with van der Waals surface area (Å²) in [5.74, 6) is -0.432. The SMILES string of the molecule is CC(=O)[C@H](CCCN=C(N)N)NC(=O)CN. The van der Waals surface area contributed by atoms with Crippen LogP contribution in [-0.4, -0.2) is 36.8 Å². The summed E-state index contributed by atoms with van der Waals surface area (Å²) in [7, 11) is 0. The number of Topliss-reactive ketones (excluding diaryl/α,β-unsaturated/α-hetero) is 1. The normalized spacial score (nSPS) is 11.6. The summed E-state index contributed by atoms with van der Waals surface area (Å²) < 4.78 is 0. The zero-order valence-electron chi connectivity index (χ0n) is 9.40. The first kappa shape index (κ1) is 14.4. The third-order valence-corrected chi connectivity index (χ3v) is 1.96. The van der Waals surface area contributed by atoms with Crippen molar-refractivity contribution in [2.45, 2.75) is 25.8 Å². The molecule has 0 fully saturated rings. The average molecular weight is 229 g/mol. The number of nitrogens with one attached hydrogen (secondary N) is 1. The van der Waals surface area contributed by atoms with Crippen LogP contribution in [0.3, 0.4) is 0 Å². The number of nitrogens with two attached hydrogens (primary N) is 3. The smallest absolute Gasteiger partial charge is 0.234 e. The number of aliphatic imine (C=N–C) groups is 1. The number of hydrogen-bond acceptors (Lipinski definition) is 4. The predicted octanol–water partition coefficient (Wildman–Crippen LogP) is -1.93. The van der Waals surface area contributed by atoms with Gasteiger partial charge in [-0.05, 0) is 19.8 Å². The van der Waals surface area contributed by atoms with Crippen LogP contribution in [0.1, 0.15) is 19.8 Å². The van der Waals surface area contributed by atoms with Crippen LogP contribution < -0.4 is 22.5 Å². The molecule has 0 aromatic rings. The summed E-state index contributed by atoms with van der Waals surface area (Å²) in [4.78, 5) is 26.0. The molecule has 0 aromatic heterocycles. The summed E-state index contributed by atoms with van der Waals surface area (Å²) in [5, 5.41) is 2.53. The van der Waals surface area contributed by atoms with Gasteiger partial charge < -0.3 is 22.5 Å². The van der Waals surface area contributed by atoms with Crippen molar-refractivity contribution in [3.8, 4) is 0 Å². The molecular formula is C9H19N5O2. The quantitative estimate of drug-likeness (QED) is 0.229. The lowest BCUT2D eigenvalue weighted by atomic mass is 10.1. The number of nitrogens with zero attached hydrogens (tertiary/aromatic N) is 1. The van der Waals surface area contributed by atoms with Crippen molar-refractivity contribution >= 4 is 17.6 Å². The van der Waals surface area contributed by atoms with Gasteiger partial charge >= 0.3 is 0 Å². The Labute approximate surface area is 94.4 Å². The van der Waals surface area contributed by atoms with Gasteiger partial charge in [-0.1, -0.05) is 0 Å². The van der Waals surface area contributed by atoms with Gasteiger partial charge in [0.1, 0.15) is 0 Å². The molecule has 16 heavy (non-hydrogen) atoms. The second kappa shape index (κ2) is 7.63. The minimum Gasteiger partial charge on any atom is -0.370 e. The fourth-order valence-corrected chi connectivity index (χ4v) is 1.13. The van der Waals surface area contributed by atoms with E-state index in [1.807, 2.05) is 0 Å². The Balaban J connectivity index is 4.00. The standard InChI is InChI=1S/C9H19N5O2/c1-6(15)7(14-8(16)5-10)3-2-4-13-9(11)12/h7H,2-5,10H2,1H3,(H,14,16)(H4,11,12,13)/t7-/m0/s1. The molecule has 1 atom stereocenters. The van der Waals surface area contributed by atoms with Crippen molar-refractivity contribution in [1.29, 1.82) is 0 Å². The zero-order valence-corrected chi connectivity index (χ0v) is 9.40. The van der Waals surface area contributed by atoms with Crippen molar-refractivity contribution in [2.24, 2.45) is 22.2 Å². The van der Waals surface area contributed by atoms with Crippen molar-refractivity contribution in [3.05, 3.63) is 0 Å². The molecular weight excluding hydrogens is 210 g/mol. The van der Waals surface area contributed by atoms with E-state index in [0.717, 1.165) is 0 Å². The lowest BCUT2D eigenvalue weighted by molar-refractivity contribution is -0.126. The maximum absolute atomic E-state index is 11.2. The predicted molar refractivity (Wildman–Crippen MR) is 61.6 cm³/mol. The van der Waals surface area contributed by atoms with E-state index in [1.165, 1.54) is 6.92 Å². The molecule has 0 heterocycles. The molecule has 7 N–H and O–H groups in total. The zero-order chi connectivity index (χ0) is 12.6. The Morgan fingerprint density at radius 3 is 2.44 bits per heavy atom. The molecule has 0 rings (SSSR count). The van der Waals surface area contributed by atoms with Crippen LogP contribution in [0.25, 0.3) is 0 Å². The minimum absolute atomic E-state index is 0.0189. The maximum atomic E-state index is 11.2. The monoisotopic (exact) mass is 229 g/mol. The fraction of sp³-hybridized carbons (Fsp3) is 0.667.